The van der Waals surface area contributed by atoms with Gasteiger partial charge in [0.25, 0.3) is 0 Å². The first-order valence-corrected chi connectivity index (χ1v) is 7.57. The average molecular weight is 275 g/mol. The van der Waals surface area contributed by atoms with Crippen molar-refractivity contribution in [3.63, 3.8) is 0 Å². The number of hydrogen-bond acceptors (Lipinski definition) is 3. The van der Waals surface area contributed by atoms with Crippen LogP contribution in [-0.4, -0.2) is 19.6 Å². The molecule has 0 bridgehead atoms. The van der Waals surface area contributed by atoms with Crippen molar-refractivity contribution in [2.75, 3.05) is 13.7 Å². The van der Waals surface area contributed by atoms with Crippen LogP contribution in [0.4, 0.5) is 0 Å². The Bertz CT molecular complexity index is 419. The third-order valence-electron chi connectivity index (χ3n) is 4.27. The highest BCUT2D eigenvalue weighted by molar-refractivity contribution is 5.89. The number of rotatable bonds is 5. The topological polar surface area (TPSA) is 38.3 Å². The van der Waals surface area contributed by atoms with Gasteiger partial charge in [-0.05, 0) is 48.9 Å². The minimum absolute atomic E-state index is 0.277. The molecule has 3 nitrogen and oxygen atoms in total. The minimum Gasteiger partial charge on any atom is -0.465 e. The number of esters is 1. The monoisotopic (exact) mass is 275 g/mol. The highest BCUT2D eigenvalue weighted by Gasteiger charge is 2.17. The zero-order valence-electron chi connectivity index (χ0n) is 12.5. The quantitative estimate of drug-likeness (QED) is 0.837. The first kappa shape index (κ1) is 15.0. The Kier molecular flexibility index (Phi) is 5.60. The minimum atomic E-state index is -0.277. The second kappa shape index (κ2) is 7.44. The number of methoxy groups -OCH3 is 1. The molecule has 1 fully saturated rings. The Labute approximate surface area is 121 Å². The fraction of sp³-hybridized carbons (Fsp3) is 0.588. The molecule has 0 aromatic heterocycles. The van der Waals surface area contributed by atoms with Crippen LogP contribution in [0.2, 0.25) is 0 Å². The average Bonchev–Trinajstić information content (AvgIpc) is 2.49. The summed E-state index contributed by atoms with van der Waals surface area (Å²) in [5.74, 6) is 1.47. The van der Waals surface area contributed by atoms with Gasteiger partial charge in [-0.1, -0.05) is 31.9 Å². The van der Waals surface area contributed by atoms with Crippen LogP contribution in [0, 0.1) is 11.8 Å². The molecule has 1 aliphatic carbocycles. The van der Waals surface area contributed by atoms with Gasteiger partial charge >= 0.3 is 5.97 Å². The van der Waals surface area contributed by atoms with Crippen LogP contribution in [0.5, 0.6) is 0 Å². The molecule has 0 aliphatic heterocycles. The molecule has 0 atom stereocenters. The van der Waals surface area contributed by atoms with Crippen LogP contribution in [0.15, 0.2) is 24.3 Å². The number of ether oxygens (including phenoxy) is 1. The van der Waals surface area contributed by atoms with Gasteiger partial charge in [0.05, 0.1) is 12.7 Å². The summed E-state index contributed by atoms with van der Waals surface area (Å²) in [6, 6.07) is 7.63. The van der Waals surface area contributed by atoms with Crippen molar-refractivity contribution in [1.29, 1.82) is 0 Å². The molecule has 20 heavy (non-hydrogen) atoms. The highest BCUT2D eigenvalue weighted by atomic mass is 16.5. The Morgan fingerprint density at radius 2 is 1.85 bits per heavy atom. The van der Waals surface area contributed by atoms with Crippen LogP contribution in [-0.2, 0) is 11.3 Å². The lowest BCUT2D eigenvalue weighted by molar-refractivity contribution is 0.0600. The van der Waals surface area contributed by atoms with Crippen molar-refractivity contribution in [2.24, 2.45) is 11.8 Å². The molecule has 0 saturated heterocycles. The Morgan fingerprint density at radius 3 is 2.45 bits per heavy atom. The summed E-state index contributed by atoms with van der Waals surface area (Å²) in [5, 5.41) is 3.53. The molecule has 110 valence electrons. The summed E-state index contributed by atoms with van der Waals surface area (Å²) in [6.07, 6.45) is 5.46. The summed E-state index contributed by atoms with van der Waals surface area (Å²) in [4.78, 5) is 11.3. The SMILES string of the molecule is COC(=O)c1ccc(CNCC2CCC(C)CC2)cc1. The fourth-order valence-corrected chi connectivity index (χ4v) is 2.83. The first-order chi connectivity index (χ1) is 9.69. The van der Waals surface area contributed by atoms with Gasteiger partial charge < -0.3 is 10.1 Å². The van der Waals surface area contributed by atoms with Gasteiger partial charge in [0.2, 0.25) is 0 Å². The van der Waals surface area contributed by atoms with E-state index in [1.54, 1.807) is 0 Å². The fourth-order valence-electron chi connectivity index (χ4n) is 2.83. The molecule has 1 aromatic carbocycles. The molecular formula is C17H25NO2. The smallest absolute Gasteiger partial charge is 0.337 e. The van der Waals surface area contributed by atoms with Crippen LogP contribution in [0.25, 0.3) is 0 Å². The van der Waals surface area contributed by atoms with E-state index in [-0.39, 0.29) is 5.97 Å². The molecular weight excluding hydrogens is 250 g/mol. The standard InChI is InChI=1S/C17H25NO2/c1-13-3-5-14(6-4-13)11-18-12-15-7-9-16(10-8-15)17(19)20-2/h7-10,13-14,18H,3-6,11-12H2,1-2H3. The summed E-state index contributed by atoms with van der Waals surface area (Å²) in [5.41, 5.74) is 1.82. The van der Waals surface area contributed by atoms with Gasteiger partial charge in [-0.2, -0.15) is 0 Å². The summed E-state index contributed by atoms with van der Waals surface area (Å²) in [6.45, 7) is 4.32. The maximum atomic E-state index is 11.3. The number of nitrogens with one attached hydrogen (secondary N) is 1. The summed E-state index contributed by atoms with van der Waals surface area (Å²) >= 11 is 0. The highest BCUT2D eigenvalue weighted by Crippen LogP contribution is 2.27. The number of benzene rings is 1. The largest absolute Gasteiger partial charge is 0.465 e. The Balaban J connectivity index is 1.73. The summed E-state index contributed by atoms with van der Waals surface area (Å²) in [7, 11) is 1.41. The molecule has 0 amide bonds. The lowest BCUT2D eigenvalue weighted by atomic mass is 9.83. The van der Waals surface area contributed by atoms with E-state index in [1.807, 2.05) is 24.3 Å². The number of carbonyl (C=O) groups excluding carboxylic acids is 1. The third-order valence-corrected chi connectivity index (χ3v) is 4.27. The second-order valence-corrected chi connectivity index (χ2v) is 5.95. The van der Waals surface area contributed by atoms with Gasteiger partial charge in [-0.25, -0.2) is 4.79 Å². The van der Waals surface area contributed by atoms with E-state index in [9.17, 15) is 4.79 Å². The maximum absolute atomic E-state index is 11.3. The van der Waals surface area contributed by atoms with Crippen LogP contribution in [0.3, 0.4) is 0 Å². The Hall–Kier alpha value is -1.35. The van der Waals surface area contributed by atoms with Crippen LogP contribution < -0.4 is 5.32 Å². The van der Waals surface area contributed by atoms with E-state index >= 15 is 0 Å². The Morgan fingerprint density at radius 1 is 1.20 bits per heavy atom. The molecule has 1 N–H and O–H groups in total. The molecule has 0 spiro atoms. The zero-order chi connectivity index (χ0) is 14.4. The number of carbonyl (C=O) groups is 1. The van der Waals surface area contributed by atoms with E-state index in [1.165, 1.54) is 38.4 Å². The first-order valence-electron chi connectivity index (χ1n) is 7.57. The van der Waals surface area contributed by atoms with Crippen molar-refractivity contribution in [3.05, 3.63) is 35.4 Å². The van der Waals surface area contributed by atoms with E-state index in [2.05, 4.69) is 12.2 Å². The molecule has 0 heterocycles. The van der Waals surface area contributed by atoms with Crippen molar-refractivity contribution >= 4 is 5.97 Å². The van der Waals surface area contributed by atoms with Gasteiger partial charge in [0, 0.05) is 6.54 Å². The molecule has 1 aliphatic rings. The van der Waals surface area contributed by atoms with E-state index in [4.69, 9.17) is 4.74 Å². The molecule has 2 rings (SSSR count). The normalized spacial score (nSPS) is 22.5. The van der Waals surface area contributed by atoms with Gasteiger partial charge in [0.1, 0.15) is 0 Å². The predicted molar refractivity (Wildman–Crippen MR) is 80.6 cm³/mol. The van der Waals surface area contributed by atoms with Crippen molar-refractivity contribution in [1.82, 2.24) is 5.32 Å². The van der Waals surface area contributed by atoms with E-state index in [0.717, 1.165) is 24.9 Å². The predicted octanol–water partition coefficient (Wildman–Crippen LogP) is 3.39. The lowest BCUT2D eigenvalue weighted by Gasteiger charge is -2.26. The van der Waals surface area contributed by atoms with E-state index in [0.29, 0.717) is 5.56 Å². The van der Waals surface area contributed by atoms with Gasteiger partial charge in [-0.3, -0.25) is 0 Å². The summed E-state index contributed by atoms with van der Waals surface area (Å²) < 4.78 is 4.69. The zero-order valence-corrected chi connectivity index (χ0v) is 12.5. The molecule has 0 unspecified atom stereocenters. The number of hydrogen-bond donors (Lipinski definition) is 1. The molecule has 1 saturated carbocycles. The van der Waals surface area contributed by atoms with Gasteiger partial charge in [-0.15, -0.1) is 0 Å². The second-order valence-electron chi connectivity index (χ2n) is 5.95. The maximum Gasteiger partial charge on any atom is 0.337 e. The third kappa shape index (κ3) is 4.34. The lowest BCUT2D eigenvalue weighted by Crippen LogP contribution is -2.25. The van der Waals surface area contributed by atoms with Crippen LogP contribution >= 0.6 is 0 Å². The van der Waals surface area contributed by atoms with E-state index < -0.39 is 0 Å². The van der Waals surface area contributed by atoms with Crippen molar-refractivity contribution in [2.45, 2.75) is 39.2 Å². The van der Waals surface area contributed by atoms with Crippen molar-refractivity contribution < 1.29 is 9.53 Å². The molecule has 3 heteroatoms. The molecule has 1 aromatic rings. The van der Waals surface area contributed by atoms with Crippen molar-refractivity contribution in [3.8, 4) is 0 Å². The van der Waals surface area contributed by atoms with Crippen LogP contribution in [0.1, 0.15) is 48.5 Å². The van der Waals surface area contributed by atoms with Gasteiger partial charge in [0.15, 0.2) is 0 Å². The molecule has 0 radical (unpaired) electrons.